The molecule has 3 heteroatoms. The van der Waals surface area contributed by atoms with Crippen LogP contribution >= 0.6 is 15.9 Å². The molecule has 0 bridgehead atoms. The Kier molecular flexibility index (Phi) is 5.65. The number of unbranched alkanes of at least 4 members (excludes halogenated alkanes) is 2. The van der Waals surface area contributed by atoms with Crippen molar-refractivity contribution in [3.8, 4) is 0 Å². The highest BCUT2D eigenvalue weighted by molar-refractivity contribution is 9.09. The van der Waals surface area contributed by atoms with Crippen molar-refractivity contribution < 1.29 is 9.53 Å². The Balaban J connectivity index is 2.48. The molecule has 1 fully saturated rings. The van der Waals surface area contributed by atoms with Crippen LogP contribution in [0.25, 0.3) is 0 Å². The minimum atomic E-state index is -0.00121. The van der Waals surface area contributed by atoms with Crippen LogP contribution in [-0.2, 0) is 9.53 Å². The summed E-state index contributed by atoms with van der Waals surface area (Å²) in [6.07, 6.45) is 7.73. The summed E-state index contributed by atoms with van der Waals surface area (Å²) >= 11 is 3.50. The Bertz CT molecular complexity index is 202. The van der Waals surface area contributed by atoms with Crippen LogP contribution in [0.5, 0.6) is 0 Å². The van der Waals surface area contributed by atoms with Crippen LogP contribution in [0.15, 0.2) is 0 Å². The van der Waals surface area contributed by atoms with Crippen LogP contribution < -0.4 is 0 Å². The summed E-state index contributed by atoms with van der Waals surface area (Å²) in [6, 6.07) is 0. The van der Waals surface area contributed by atoms with Crippen molar-refractivity contribution in [3.05, 3.63) is 0 Å². The lowest BCUT2D eigenvalue weighted by Crippen LogP contribution is -2.33. The monoisotopic (exact) mass is 276 g/mol. The number of hydrogen-bond acceptors (Lipinski definition) is 2. The summed E-state index contributed by atoms with van der Waals surface area (Å²) in [5, 5.41) is 0.992. The van der Waals surface area contributed by atoms with Gasteiger partial charge in [-0.1, -0.05) is 42.1 Å². The largest absolute Gasteiger partial charge is 0.466 e. The summed E-state index contributed by atoms with van der Waals surface area (Å²) in [5.74, 6) is -0.00121. The fourth-order valence-electron chi connectivity index (χ4n) is 2.33. The zero-order valence-corrected chi connectivity index (χ0v) is 11.1. The third-order valence-corrected chi connectivity index (χ3v) is 3.75. The van der Waals surface area contributed by atoms with E-state index in [1.165, 1.54) is 25.7 Å². The Morgan fingerprint density at radius 2 is 2.20 bits per heavy atom. The molecule has 1 unspecified atom stereocenters. The van der Waals surface area contributed by atoms with E-state index in [4.69, 9.17) is 4.74 Å². The quantitative estimate of drug-likeness (QED) is 0.420. The zero-order valence-electron chi connectivity index (χ0n) is 9.56. The lowest BCUT2D eigenvalue weighted by Gasteiger charge is -2.36. The van der Waals surface area contributed by atoms with Crippen molar-refractivity contribution in [1.29, 1.82) is 0 Å². The molecule has 1 aliphatic rings. The number of esters is 1. The number of rotatable bonds is 6. The van der Waals surface area contributed by atoms with Crippen LogP contribution in [0.2, 0.25) is 0 Å². The molecule has 0 saturated carbocycles. The van der Waals surface area contributed by atoms with Gasteiger partial charge in [-0.3, -0.25) is 4.79 Å². The first kappa shape index (κ1) is 13.0. The molecule has 0 aromatic rings. The highest BCUT2D eigenvalue weighted by Crippen LogP contribution is 2.40. The third-order valence-electron chi connectivity index (χ3n) is 3.35. The Hall–Kier alpha value is -0.0500. The van der Waals surface area contributed by atoms with Gasteiger partial charge in [0.2, 0.25) is 0 Å². The average molecular weight is 277 g/mol. The standard InChI is InChI=1S/C12H21BrO2/c1-2-3-4-5-12(6-8-13)7-9-15-11(14)10-12/h2-10H2,1H3. The van der Waals surface area contributed by atoms with Gasteiger partial charge < -0.3 is 4.74 Å². The fourth-order valence-corrected chi connectivity index (χ4v) is 3.17. The van der Waals surface area contributed by atoms with Gasteiger partial charge in [0.25, 0.3) is 0 Å². The number of carbonyl (C=O) groups is 1. The minimum absolute atomic E-state index is 0.00121. The molecular weight excluding hydrogens is 256 g/mol. The van der Waals surface area contributed by atoms with E-state index in [9.17, 15) is 4.79 Å². The first-order chi connectivity index (χ1) is 7.22. The number of hydrogen-bond donors (Lipinski definition) is 0. The first-order valence-corrected chi connectivity index (χ1v) is 7.06. The number of cyclic esters (lactones) is 1. The molecule has 0 aromatic carbocycles. The van der Waals surface area contributed by atoms with E-state index in [1.54, 1.807) is 0 Å². The second-order valence-corrected chi connectivity index (χ2v) is 5.34. The molecule has 0 aliphatic carbocycles. The van der Waals surface area contributed by atoms with E-state index in [0.29, 0.717) is 13.0 Å². The Labute approximate surface area is 101 Å². The first-order valence-electron chi connectivity index (χ1n) is 5.94. The van der Waals surface area contributed by atoms with Crippen molar-refractivity contribution in [1.82, 2.24) is 0 Å². The predicted octanol–water partition coefficient (Wildman–Crippen LogP) is 3.68. The Morgan fingerprint density at radius 1 is 1.40 bits per heavy atom. The van der Waals surface area contributed by atoms with Crippen molar-refractivity contribution in [2.75, 3.05) is 11.9 Å². The summed E-state index contributed by atoms with van der Waals surface area (Å²) < 4.78 is 5.03. The SMILES string of the molecule is CCCCCC1(CCBr)CCOC(=O)C1. The summed E-state index contributed by atoms with van der Waals surface area (Å²) in [6.45, 7) is 2.84. The van der Waals surface area contributed by atoms with E-state index < -0.39 is 0 Å². The molecule has 1 atom stereocenters. The van der Waals surface area contributed by atoms with E-state index in [-0.39, 0.29) is 11.4 Å². The van der Waals surface area contributed by atoms with Crippen LogP contribution in [0, 0.1) is 5.41 Å². The molecule has 0 spiro atoms. The second kappa shape index (κ2) is 6.51. The van der Waals surface area contributed by atoms with Crippen molar-refractivity contribution in [3.63, 3.8) is 0 Å². The molecule has 0 N–H and O–H groups in total. The van der Waals surface area contributed by atoms with Gasteiger partial charge in [-0.2, -0.15) is 0 Å². The van der Waals surface area contributed by atoms with E-state index in [2.05, 4.69) is 22.9 Å². The van der Waals surface area contributed by atoms with Crippen molar-refractivity contribution >= 4 is 21.9 Å². The molecule has 15 heavy (non-hydrogen) atoms. The highest BCUT2D eigenvalue weighted by atomic mass is 79.9. The van der Waals surface area contributed by atoms with Crippen LogP contribution in [-0.4, -0.2) is 17.9 Å². The number of ether oxygens (including phenoxy) is 1. The van der Waals surface area contributed by atoms with Crippen LogP contribution in [0.3, 0.4) is 0 Å². The number of halogens is 1. The maximum Gasteiger partial charge on any atom is 0.306 e. The summed E-state index contributed by atoms with van der Waals surface area (Å²) in [7, 11) is 0. The van der Waals surface area contributed by atoms with E-state index >= 15 is 0 Å². The highest BCUT2D eigenvalue weighted by Gasteiger charge is 2.35. The van der Waals surface area contributed by atoms with Gasteiger partial charge in [-0.15, -0.1) is 0 Å². The molecule has 0 aromatic heterocycles. The summed E-state index contributed by atoms with van der Waals surface area (Å²) in [4.78, 5) is 11.3. The molecular formula is C12H21BrO2. The maximum absolute atomic E-state index is 11.3. The Morgan fingerprint density at radius 3 is 2.80 bits per heavy atom. The van der Waals surface area contributed by atoms with Gasteiger partial charge >= 0.3 is 5.97 Å². The smallest absolute Gasteiger partial charge is 0.306 e. The van der Waals surface area contributed by atoms with E-state index in [0.717, 1.165) is 18.2 Å². The second-order valence-electron chi connectivity index (χ2n) is 4.54. The fraction of sp³-hybridized carbons (Fsp3) is 0.917. The van der Waals surface area contributed by atoms with Crippen LogP contribution in [0.4, 0.5) is 0 Å². The molecule has 1 heterocycles. The minimum Gasteiger partial charge on any atom is -0.466 e. The van der Waals surface area contributed by atoms with Gasteiger partial charge in [0, 0.05) is 5.33 Å². The van der Waals surface area contributed by atoms with Gasteiger partial charge in [0.15, 0.2) is 0 Å². The third kappa shape index (κ3) is 4.13. The van der Waals surface area contributed by atoms with Gasteiger partial charge in [0.05, 0.1) is 13.0 Å². The predicted molar refractivity (Wildman–Crippen MR) is 65.2 cm³/mol. The molecule has 1 aliphatic heterocycles. The van der Waals surface area contributed by atoms with Crippen LogP contribution in [0.1, 0.15) is 51.9 Å². The molecule has 2 nitrogen and oxygen atoms in total. The lowest BCUT2D eigenvalue weighted by molar-refractivity contribution is -0.153. The lowest BCUT2D eigenvalue weighted by atomic mass is 9.74. The maximum atomic E-state index is 11.3. The van der Waals surface area contributed by atoms with Gasteiger partial charge in [-0.05, 0) is 24.7 Å². The topological polar surface area (TPSA) is 26.3 Å². The average Bonchev–Trinajstić information content (AvgIpc) is 2.18. The molecule has 88 valence electrons. The van der Waals surface area contributed by atoms with Crippen molar-refractivity contribution in [2.24, 2.45) is 5.41 Å². The van der Waals surface area contributed by atoms with E-state index in [1.807, 2.05) is 0 Å². The number of alkyl halides is 1. The number of carbonyl (C=O) groups excluding carboxylic acids is 1. The molecule has 0 amide bonds. The normalized spacial score (nSPS) is 26.4. The van der Waals surface area contributed by atoms with Gasteiger partial charge in [-0.25, -0.2) is 0 Å². The molecule has 1 saturated heterocycles. The van der Waals surface area contributed by atoms with Gasteiger partial charge in [0.1, 0.15) is 0 Å². The van der Waals surface area contributed by atoms with Crippen molar-refractivity contribution in [2.45, 2.75) is 51.9 Å². The zero-order chi connectivity index (χ0) is 11.1. The molecule has 0 radical (unpaired) electrons. The summed E-state index contributed by atoms with van der Waals surface area (Å²) in [5.41, 5.74) is 0.230. The molecule has 1 rings (SSSR count).